The number of alkyl halides is 3. The summed E-state index contributed by atoms with van der Waals surface area (Å²) in [7, 11) is 0. The van der Waals surface area contributed by atoms with Gasteiger partial charge in [0.2, 0.25) is 0 Å². The second kappa shape index (κ2) is 4.88. The van der Waals surface area contributed by atoms with Gasteiger partial charge in [-0.1, -0.05) is 12.1 Å². The van der Waals surface area contributed by atoms with Crippen LogP contribution in [0.1, 0.15) is 23.6 Å². The number of halogens is 3. The van der Waals surface area contributed by atoms with Crippen LogP contribution in [0.25, 0.3) is 0 Å². The van der Waals surface area contributed by atoms with Crippen molar-refractivity contribution in [1.29, 1.82) is 0 Å². The number of hydrogen-bond donors (Lipinski definition) is 0. The highest BCUT2D eigenvalue weighted by Crippen LogP contribution is 2.29. The van der Waals surface area contributed by atoms with E-state index >= 15 is 0 Å². The standard InChI is InChI=1S/C14H14F3N/c1-2-18-8-7-12(10-18)9-11-3-5-13(6-4-11)14(15,16)17/h3-8,10H,2,9H2,1H3. The number of aromatic nitrogens is 1. The lowest BCUT2D eigenvalue weighted by atomic mass is 10.1. The van der Waals surface area contributed by atoms with Gasteiger partial charge in [0.05, 0.1) is 5.56 Å². The zero-order valence-electron chi connectivity index (χ0n) is 10.0. The van der Waals surface area contributed by atoms with Gasteiger partial charge < -0.3 is 4.57 Å². The predicted molar refractivity (Wildman–Crippen MR) is 64.4 cm³/mol. The Morgan fingerprint density at radius 3 is 2.17 bits per heavy atom. The molecule has 0 aliphatic carbocycles. The Kier molecular flexibility index (Phi) is 3.45. The SMILES string of the molecule is CCn1ccc(Cc2ccc(C(F)(F)F)cc2)c1. The summed E-state index contributed by atoms with van der Waals surface area (Å²) in [5.74, 6) is 0. The summed E-state index contributed by atoms with van der Waals surface area (Å²) in [6, 6.07) is 7.32. The van der Waals surface area contributed by atoms with Crippen LogP contribution in [0.2, 0.25) is 0 Å². The van der Waals surface area contributed by atoms with Crippen molar-refractivity contribution in [2.24, 2.45) is 0 Å². The van der Waals surface area contributed by atoms with Gasteiger partial charge in [-0.15, -0.1) is 0 Å². The highest BCUT2D eigenvalue weighted by atomic mass is 19.4. The van der Waals surface area contributed by atoms with Crippen LogP contribution in [0.3, 0.4) is 0 Å². The molecule has 0 saturated carbocycles. The molecule has 1 aromatic carbocycles. The van der Waals surface area contributed by atoms with E-state index in [1.54, 1.807) is 0 Å². The average Bonchev–Trinajstić information content (AvgIpc) is 2.76. The lowest BCUT2D eigenvalue weighted by Crippen LogP contribution is -2.04. The first kappa shape index (κ1) is 12.7. The highest BCUT2D eigenvalue weighted by Gasteiger charge is 2.29. The van der Waals surface area contributed by atoms with Crippen LogP contribution in [0.4, 0.5) is 13.2 Å². The minimum absolute atomic E-state index is 0.600. The van der Waals surface area contributed by atoms with Crippen LogP contribution >= 0.6 is 0 Å². The lowest BCUT2D eigenvalue weighted by Gasteiger charge is -2.07. The zero-order chi connectivity index (χ0) is 13.2. The van der Waals surface area contributed by atoms with E-state index in [-0.39, 0.29) is 0 Å². The summed E-state index contributed by atoms with van der Waals surface area (Å²) < 4.78 is 39.2. The molecule has 96 valence electrons. The smallest absolute Gasteiger partial charge is 0.354 e. The van der Waals surface area contributed by atoms with Crippen LogP contribution in [-0.4, -0.2) is 4.57 Å². The van der Waals surface area contributed by atoms with E-state index in [1.165, 1.54) is 12.1 Å². The Morgan fingerprint density at radius 2 is 1.67 bits per heavy atom. The van der Waals surface area contributed by atoms with Gasteiger partial charge in [-0.3, -0.25) is 0 Å². The Labute approximate surface area is 104 Å². The molecule has 0 radical (unpaired) electrons. The fourth-order valence-corrected chi connectivity index (χ4v) is 1.84. The van der Waals surface area contributed by atoms with Crippen molar-refractivity contribution in [2.45, 2.75) is 26.1 Å². The third-order valence-corrected chi connectivity index (χ3v) is 2.87. The molecule has 2 rings (SSSR count). The molecular weight excluding hydrogens is 239 g/mol. The molecule has 0 saturated heterocycles. The van der Waals surface area contributed by atoms with Crippen molar-refractivity contribution in [1.82, 2.24) is 4.57 Å². The van der Waals surface area contributed by atoms with Crippen LogP contribution < -0.4 is 0 Å². The first-order chi connectivity index (χ1) is 8.49. The summed E-state index contributed by atoms with van der Waals surface area (Å²) in [6.07, 6.45) is 0.381. The maximum absolute atomic E-state index is 12.4. The van der Waals surface area contributed by atoms with Gasteiger partial charge in [-0.2, -0.15) is 13.2 Å². The molecule has 4 heteroatoms. The van der Waals surface area contributed by atoms with Gasteiger partial charge in [0.25, 0.3) is 0 Å². The van der Waals surface area contributed by atoms with Crippen LogP contribution in [0.5, 0.6) is 0 Å². The molecule has 0 N–H and O–H groups in total. The van der Waals surface area contributed by atoms with E-state index in [9.17, 15) is 13.2 Å². The fourth-order valence-electron chi connectivity index (χ4n) is 1.84. The molecule has 1 nitrogen and oxygen atoms in total. The number of hydrogen-bond acceptors (Lipinski definition) is 0. The van der Waals surface area contributed by atoms with Crippen molar-refractivity contribution < 1.29 is 13.2 Å². The number of nitrogens with zero attached hydrogens (tertiary/aromatic N) is 1. The number of benzene rings is 1. The minimum atomic E-state index is -4.26. The summed E-state index contributed by atoms with van der Waals surface area (Å²) in [5, 5.41) is 0. The zero-order valence-corrected chi connectivity index (χ0v) is 10.0. The number of rotatable bonds is 3. The molecule has 1 aromatic heterocycles. The van der Waals surface area contributed by atoms with Crippen LogP contribution in [0, 0.1) is 0 Å². The monoisotopic (exact) mass is 253 g/mol. The Hall–Kier alpha value is -1.71. The van der Waals surface area contributed by atoms with Gasteiger partial charge in [-0.05, 0) is 42.7 Å². The van der Waals surface area contributed by atoms with Crippen molar-refractivity contribution in [2.75, 3.05) is 0 Å². The maximum Gasteiger partial charge on any atom is 0.416 e. The summed E-state index contributed by atoms with van der Waals surface area (Å²) >= 11 is 0. The fraction of sp³-hybridized carbons (Fsp3) is 0.286. The summed E-state index contributed by atoms with van der Waals surface area (Å²) in [6.45, 7) is 2.94. The van der Waals surface area contributed by atoms with E-state index in [0.29, 0.717) is 6.42 Å². The molecule has 0 aliphatic heterocycles. The first-order valence-electron chi connectivity index (χ1n) is 5.80. The molecule has 18 heavy (non-hydrogen) atoms. The van der Waals surface area contributed by atoms with Crippen molar-refractivity contribution in [3.05, 3.63) is 59.4 Å². The number of aryl methyl sites for hydroxylation is 1. The molecule has 1 heterocycles. The molecule has 0 fully saturated rings. The summed E-state index contributed by atoms with van der Waals surface area (Å²) in [4.78, 5) is 0. The Balaban J connectivity index is 2.11. The van der Waals surface area contributed by atoms with Gasteiger partial charge in [-0.25, -0.2) is 0 Å². The Morgan fingerprint density at radius 1 is 1.00 bits per heavy atom. The highest BCUT2D eigenvalue weighted by molar-refractivity contribution is 5.29. The largest absolute Gasteiger partial charge is 0.416 e. The third-order valence-electron chi connectivity index (χ3n) is 2.87. The second-order valence-electron chi connectivity index (χ2n) is 4.22. The van der Waals surface area contributed by atoms with Gasteiger partial charge in [0.15, 0.2) is 0 Å². The van der Waals surface area contributed by atoms with Crippen LogP contribution in [-0.2, 0) is 19.1 Å². The Bertz CT molecular complexity index is 509. The molecule has 0 bridgehead atoms. The van der Waals surface area contributed by atoms with Crippen molar-refractivity contribution in [3.63, 3.8) is 0 Å². The van der Waals surface area contributed by atoms with Gasteiger partial charge in [0.1, 0.15) is 0 Å². The average molecular weight is 253 g/mol. The van der Waals surface area contributed by atoms with E-state index in [1.807, 2.05) is 30.0 Å². The predicted octanol–water partition coefficient (Wildman–Crippen LogP) is 4.12. The van der Waals surface area contributed by atoms with E-state index < -0.39 is 11.7 Å². The minimum Gasteiger partial charge on any atom is -0.354 e. The van der Waals surface area contributed by atoms with Crippen molar-refractivity contribution >= 4 is 0 Å². The molecule has 0 unspecified atom stereocenters. The normalized spacial score (nSPS) is 11.8. The molecule has 0 amide bonds. The van der Waals surface area contributed by atoms with E-state index in [4.69, 9.17) is 0 Å². The maximum atomic E-state index is 12.4. The van der Waals surface area contributed by atoms with Gasteiger partial charge >= 0.3 is 6.18 Å². The topological polar surface area (TPSA) is 4.93 Å². The molecule has 0 spiro atoms. The second-order valence-corrected chi connectivity index (χ2v) is 4.22. The molecule has 0 atom stereocenters. The molecular formula is C14H14F3N. The lowest BCUT2D eigenvalue weighted by molar-refractivity contribution is -0.137. The quantitative estimate of drug-likeness (QED) is 0.775. The van der Waals surface area contributed by atoms with Crippen LogP contribution in [0.15, 0.2) is 42.7 Å². The van der Waals surface area contributed by atoms with E-state index in [0.717, 1.165) is 29.8 Å². The van der Waals surface area contributed by atoms with Crippen molar-refractivity contribution in [3.8, 4) is 0 Å². The first-order valence-corrected chi connectivity index (χ1v) is 5.80. The molecule has 0 aliphatic rings. The summed E-state index contributed by atoms with van der Waals surface area (Å²) in [5.41, 5.74) is 1.39. The third kappa shape index (κ3) is 2.94. The van der Waals surface area contributed by atoms with E-state index in [2.05, 4.69) is 0 Å². The van der Waals surface area contributed by atoms with Gasteiger partial charge in [0, 0.05) is 18.9 Å². The molecule has 2 aromatic rings.